The monoisotopic (exact) mass is 305 g/mol. The molecule has 1 aromatic heterocycles. The molecular formula is C15H19N3O4. The van der Waals surface area contributed by atoms with E-state index in [1.165, 1.54) is 37.8 Å². The molecule has 1 heterocycles. The van der Waals surface area contributed by atoms with E-state index in [1.807, 2.05) is 0 Å². The third kappa shape index (κ3) is 4.03. The Hall–Kier alpha value is -2.44. The van der Waals surface area contributed by atoms with Gasteiger partial charge in [0.15, 0.2) is 0 Å². The average Bonchev–Trinajstić information content (AvgIpc) is 2.55. The molecular weight excluding hydrogens is 286 g/mol. The zero-order chi connectivity index (χ0) is 15.9. The van der Waals surface area contributed by atoms with Gasteiger partial charge in [-0.05, 0) is 32.1 Å². The van der Waals surface area contributed by atoms with Gasteiger partial charge in [0, 0.05) is 18.8 Å². The van der Waals surface area contributed by atoms with E-state index < -0.39 is 10.9 Å². The number of ether oxygens (including phenoxy) is 1. The highest BCUT2D eigenvalue weighted by molar-refractivity contribution is 5.90. The minimum absolute atomic E-state index is 0.0646. The van der Waals surface area contributed by atoms with Crippen molar-refractivity contribution in [2.24, 2.45) is 0 Å². The molecule has 0 bridgehead atoms. The summed E-state index contributed by atoms with van der Waals surface area (Å²) in [6.45, 7) is 0.581. The lowest BCUT2D eigenvalue weighted by molar-refractivity contribution is -0.384. The molecule has 0 saturated carbocycles. The van der Waals surface area contributed by atoms with Crippen LogP contribution in [0.2, 0.25) is 0 Å². The fourth-order valence-corrected chi connectivity index (χ4v) is 2.43. The average molecular weight is 305 g/mol. The van der Waals surface area contributed by atoms with Crippen LogP contribution in [0.25, 0.3) is 0 Å². The zero-order valence-electron chi connectivity index (χ0n) is 12.5. The number of rotatable bonds is 6. The lowest BCUT2D eigenvalue weighted by atomic mass is 9.97. The molecule has 0 spiro atoms. The number of nitrogens with zero attached hydrogens (tertiary/aromatic N) is 2. The van der Waals surface area contributed by atoms with Crippen LogP contribution in [0.3, 0.4) is 0 Å². The standard InChI is InChI=1S/C15H19N3O4/c1-22-15(19)12-9-13(18(20)21)14(17-10-12)16-8-7-11-5-3-2-4-6-11/h5,9-10H,2-4,6-8H2,1H3,(H,16,17). The molecule has 0 aromatic carbocycles. The minimum atomic E-state index is -0.644. The summed E-state index contributed by atoms with van der Waals surface area (Å²) in [5.41, 5.74) is 1.22. The Bertz CT molecular complexity index is 598. The van der Waals surface area contributed by atoms with Crippen LogP contribution in [-0.2, 0) is 4.74 Å². The van der Waals surface area contributed by atoms with Crippen molar-refractivity contribution >= 4 is 17.5 Å². The van der Waals surface area contributed by atoms with Crippen molar-refractivity contribution < 1.29 is 14.5 Å². The lowest BCUT2D eigenvalue weighted by Gasteiger charge is -2.13. The van der Waals surface area contributed by atoms with Gasteiger partial charge in [0.2, 0.25) is 5.82 Å². The molecule has 0 aliphatic heterocycles. The molecule has 0 amide bonds. The third-order valence-electron chi connectivity index (χ3n) is 3.61. The van der Waals surface area contributed by atoms with Crippen LogP contribution < -0.4 is 5.32 Å². The molecule has 7 heteroatoms. The Labute approximate surface area is 128 Å². The molecule has 1 aromatic rings. The summed E-state index contributed by atoms with van der Waals surface area (Å²) in [6, 6.07) is 1.18. The van der Waals surface area contributed by atoms with Crippen molar-refractivity contribution in [2.45, 2.75) is 32.1 Å². The highest BCUT2D eigenvalue weighted by Crippen LogP contribution is 2.24. The number of methoxy groups -OCH3 is 1. The predicted molar refractivity (Wildman–Crippen MR) is 81.9 cm³/mol. The van der Waals surface area contributed by atoms with Crippen molar-refractivity contribution in [3.05, 3.63) is 39.6 Å². The Kier molecular flexibility index (Phi) is 5.46. The second kappa shape index (κ2) is 7.53. The van der Waals surface area contributed by atoms with E-state index in [4.69, 9.17) is 0 Å². The third-order valence-corrected chi connectivity index (χ3v) is 3.61. The summed E-state index contributed by atoms with van der Waals surface area (Å²) in [5.74, 6) is -0.469. The number of aromatic nitrogens is 1. The van der Waals surface area contributed by atoms with Gasteiger partial charge in [0.25, 0.3) is 0 Å². The molecule has 0 atom stereocenters. The molecule has 118 valence electrons. The normalized spacial score (nSPS) is 14.1. The molecule has 0 radical (unpaired) electrons. The quantitative estimate of drug-likeness (QED) is 0.375. The second-order valence-corrected chi connectivity index (χ2v) is 5.13. The number of nitrogens with one attached hydrogen (secondary N) is 1. The van der Waals surface area contributed by atoms with E-state index in [2.05, 4.69) is 21.1 Å². The van der Waals surface area contributed by atoms with Crippen LogP contribution in [0.1, 0.15) is 42.5 Å². The Balaban J connectivity index is 2.04. The van der Waals surface area contributed by atoms with E-state index in [0.29, 0.717) is 6.54 Å². The van der Waals surface area contributed by atoms with Crippen molar-refractivity contribution in [1.29, 1.82) is 0 Å². The second-order valence-electron chi connectivity index (χ2n) is 5.13. The summed E-state index contributed by atoms with van der Waals surface area (Å²) in [7, 11) is 1.22. The number of esters is 1. The van der Waals surface area contributed by atoms with Crippen LogP contribution in [0.4, 0.5) is 11.5 Å². The number of carbonyl (C=O) groups is 1. The first-order valence-corrected chi connectivity index (χ1v) is 7.26. The van der Waals surface area contributed by atoms with E-state index >= 15 is 0 Å². The fraction of sp³-hybridized carbons (Fsp3) is 0.467. The Morgan fingerprint density at radius 2 is 2.32 bits per heavy atom. The largest absolute Gasteiger partial charge is 0.465 e. The van der Waals surface area contributed by atoms with Gasteiger partial charge in [-0.3, -0.25) is 10.1 Å². The topological polar surface area (TPSA) is 94.4 Å². The van der Waals surface area contributed by atoms with Crippen LogP contribution in [0.15, 0.2) is 23.9 Å². The van der Waals surface area contributed by atoms with Gasteiger partial charge < -0.3 is 10.1 Å². The number of pyridine rings is 1. The Morgan fingerprint density at radius 3 is 2.95 bits per heavy atom. The number of hydrogen-bond donors (Lipinski definition) is 1. The molecule has 1 aliphatic rings. The molecule has 7 nitrogen and oxygen atoms in total. The van der Waals surface area contributed by atoms with Crippen LogP contribution in [0.5, 0.6) is 0 Å². The summed E-state index contributed by atoms with van der Waals surface area (Å²) in [6.07, 6.45) is 9.02. The molecule has 0 unspecified atom stereocenters. The van der Waals surface area contributed by atoms with Gasteiger partial charge >= 0.3 is 11.7 Å². The highest BCUT2D eigenvalue weighted by atomic mass is 16.6. The van der Waals surface area contributed by atoms with Gasteiger partial charge in [-0.2, -0.15) is 0 Å². The van der Waals surface area contributed by atoms with Gasteiger partial charge in [0.05, 0.1) is 17.6 Å². The van der Waals surface area contributed by atoms with Gasteiger partial charge in [-0.15, -0.1) is 0 Å². The summed E-state index contributed by atoms with van der Waals surface area (Å²) in [4.78, 5) is 25.9. The fourth-order valence-electron chi connectivity index (χ4n) is 2.43. The minimum Gasteiger partial charge on any atom is -0.465 e. The van der Waals surface area contributed by atoms with Crippen molar-refractivity contribution in [1.82, 2.24) is 4.98 Å². The molecule has 1 aliphatic carbocycles. The van der Waals surface area contributed by atoms with E-state index in [0.717, 1.165) is 19.3 Å². The zero-order valence-corrected chi connectivity index (χ0v) is 12.5. The first kappa shape index (κ1) is 15.9. The molecule has 0 saturated heterocycles. The number of carbonyl (C=O) groups excluding carboxylic acids is 1. The molecule has 0 fully saturated rings. The maximum atomic E-state index is 11.4. The molecule has 2 rings (SSSR count). The van der Waals surface area contributed by atoms with Gasteiger partial charge in [-0.25, -0.2) is 9.78 Å². The SMILES string of the molecule is COC(=O)c1cnc(NCCC2=CCCCC2)c([N+](=O)[O-])c1. The number of anilines is 1. The first-order chi connectivity index (χ1) is 10.6. The summed E-state index contributed by atoms with van der Waals surface area (Å²) >= 11 is 0. The number of hydrogen-bond acceptors (Lipinski definition) is 6. The van der Waals surface area contributed by atoms with Crippen molar-refractivity contribution in [3.8, 4) is 0 Å². The van der Waals surface area contributed by atoms with E-state index in [9.17, 15) is 14.9 Å². The first-order valence-electron chi connectivity index (χ1n) is 7.26. The van der Waals surface area contributed by atoms with Crippen LogP contribution >= 0.6 is 0 Å². The van der Waals surface area contributed by atoms with Crippen LogP contribution in [0, 0.1) is 10.1 Å². The summed E-state index contributed by atoms with van der Waals surface area (Å²) < 4.78 is 4.54. The van der Waals surface area contributed by atoms with Crippen molar-refractivity contribution in [3.63, 3.8) is 0 Å². The number of allylic oxidation sites excluding steroid dienone is 1. The van der Waals surface area contributed by atoms with E-state index in [-0.39, 0.29) is 17.1 Å². The Morgan fingerprint density at radius 1 is 1.50 bits per heavy atom. The van der Waals surface area contributed by atoms with Gasteiger partial charge in [0.1, 0.15) is 0 Å². The molecule has 22 heavy (non-hydrogen) atoms. The molecule has 1 N–H and O–H groups in total. The van der Waals surface area contributed by atoms with E-state index in [1.54, 1.807) is 0 Å². The van der Waals surface area contributed by atoms with Crippen LogP contribution in [-0.4, -0.2) is 29.5 Å². The highest BCUT2D eigenvalue weighted by Gasteiger charge is 2.19. The predicted octanol–water partition coefficient (Wildman–Crippen LogP) is 3.08. The number of nitro groups is 1. The lowest BCUT2D eigenvalue weighted by Crippen LogP contribution is -2.10. The van der Waals surface area contributed by atoms with Crippen molar-refractivity contribution in [2.75, 3.05) is 19.0 Å². The smallest absolute Gasteiger partial charge is 0.339 e. The maximum Gasteiger partial charge on any atom is 0.339 e. The maximum absolute atomic E-state index is 11.4. The van der Waals surface area contributed by atoms with Gasteiger partial charge in [-0.1, -0.05) is 11.6 Å². The summed E-state index contributed by atoms with van der Waals surface area (Å²) in [5, 5.41) is 14.1.